The maximum absolute atomic E-state index is 13.6. The third kappa shape index (κ3) is 2.40. The van der Waals surface area contributed by atoms with Gasteiger partial charge in [-0.2, -0.15) is 0 Å². The van der Waals surface area contributed by atoms with Gasteiger partial charge in [-0.1, -0.05) is 37.6 Å². The van der Waals surface area contributed by atoms with Crippen molar-refractivity contribution in [2.75, 3.05) is 0 Å². The third-order valence-electron chi connectivity index (χ3n) is 2.84. The summed E-state index contributed by atoms with van der Waals surface area (Å²) >= 11 is 0. The molecule has 3 heteroatoms. The number of hydrogen-bond acceptors (Lipinski definition) is 0. The lowest BCUT2D eigenvalue weighted by Gasteiger charge is -2.06. The molecule has 0 aromatic heterocycles. The number of aryl methyl sites for hydroxylation is 1. The fourth-order valence-electron chi connectivity index (χ4n) is 1.89. The van der Waals surface area contributed by atoms with Crippen LogP contribution in [-0.4, -0.2) is 0 Å². The first-order valence-corrected chi connectivity index (χ1v) is 5.86. The SMILES string of the molecule is CCCc1ccc(-c2ccc(F)c(F)c2F)cc1. The molecule has 0 saturated heterocycles. The second-order valence-corrected chi connectivity index (χ2v) is 4.17. The molecule has 0 aliphatic rings. The van der Waals surface area contributed by atoms with Gasteiger partial charge in [-0.25, -0.2) is 13.2 Å². The van der Waals surface area contributed by atoms with Crippen molar-refractivity contribution in [2.24, 2.45) is 0 Å². The van der Waals surface area contributed by atoms with Crippen LogP contribution < -0.4 is 0 Å². The molecule has 0 spiro atoms. The van der Waals surface area contributed by atoms with E-state index in [2.05, 4.69) is 6.92 Å². The van der Waals surface area contributed by atoms with Crippen LogP contribution in [0.5, 0.6) is 0 Å². The highest BCUT2D eigenvalue weighted by atomic mass is 19.2. The summed E-state index contributed by atoms with van der Waals surface area (Å²) in [5.41, 5.74) is 1.77. The van der Waals surface area contributed by atoms with Gasteiger partial charge in [-0.15, -0.1) is 0 Å². The fraction of sp³-hybridized carbons (Fsp3) is 0.200. The molecule has 0 heterocycles. The molecule has 0 aliphatic carbocycles. The van der Waals surface area contributed by atoms with E-state index in [1.54, 1.807) is 12.1 Å². The van der Waals surface area contributed by atoms with Crippen LogP contribution in [0.4, 0.5) is 13.2 Å². The highest BCUT2D eigenvalue weighted by Gasteiger charge is 2.14. The predicted molar refractivity (Wildman–Crippen MR) is 65.7 cm³/mol. The van der Waals surface area contributed by atoms with Crippen molar-refractivity contribution < 1.29 is 13.2 Å². The summed E-state index contributed by atoms with van der Waals surface area (Å²) in [6.45, 7) is 2.07. The van der Waals surface area contributed by atoms with Gasteiger partial charge in [0.1, 0.15) is 0 Å². The van der Waals surface area contributed by atoms with E-state index in [9.17, 15) is 13.2 Å². The molecule has 94 valence electrons. The summed E-state index contributed by atoms with van der Waals surface area (Å²) < 4.78 is 39.5. The molecule has 2 rings (SSSR count). The Morgan fingerprint density at radius 2 is 1.50 bits per heavy atom. The topological polar surface area (TPSA) is 0 Å². The predicted octanol–water partition coefficient (Wildman–Crippen LogP) is 4.72. The van der Waals surface area contributed by atoms with Crippen LogP contribution in [0.2, 0.25) is 0 Å². The molecule has 2 aromatic carbocycles. The van der Waals surface area contributed by atoms with Crippen LogP contribution in [0.1, 0.15) is 18.9 Å². The first kappa shape index (κ1) is 12.7. The Kier molecular flexibility index (Phi) is 3.70. The van der Waals surface area contributed by atoms with Gasteiger partial charge in [0.25, 0.3) is 0 Å². The van der Waals surface area contributed by atoms with Crippen molar-refractivity contribution in [3.05, 3.63) is 59.4 Å². The molecule has 0 atom stereocenters. The standard InChI is InChI=1S/C15H13F3/c1-2-3-10-4-6-11(7-5-10)12-8-9-13(16)15(18)14(12)17/h4-9H,2-3H2,1H3. The van der Waals surface area contributed by atoms with Crippen LogP contribution in [0.15, 0.2) is 36.4 Å². The van der Waals surface area contributed by atoms with Crippen LogP contribution in [0.25, 0.3) is 11.1 Å². The molecular formula is C15H13F3. The average molecular weight is 250 g/mol. The first-order valence-electron chi connectivity index (χ1n) is 5.86. The zero-order chi connectivity index (χ0) is 13.1. The average Bonchev–Trinajstić information content (AvgIpc) is 2.38. The fourth-order valence-corrected chi connectivity index (χ4v) is 1.89. The molecule has 0 radical (unpaired) electrons. The Balaban J connectivity index is 2.40. The van der Waals surface area contributed by atoms with Gasteiger partial charge in [-0.05, 0) is 29.7 Å². The summed E-state index contributed by atoms with van der Waals surface area (Å²) in [6, 6.07) is 9.39. The molecule has 2 aromatic rings. The van der Waals surface area contributed by atoms with E-state index in [1.807, 2.05) is 12.1 Å². The molecule has 0 unspecified atom stereocenters. The summed E-state index contributed by atoms with van der Waals surface area (Å²) in [5.74, 6) is -3.73. The Labute approximate surface area is 104 Å². The molecule has 0 nitrogen and oxygen atoms in total. The van der Waals surface area contributed by atoms with Gasteiger partial charge in [0, 0.05) is 5.56 Å². The lowest BCUT2D eigenvalue weighted by atomic mass is 10.0. The lowest BCUT2D eigenvalue weighted by Crippen LogP contribution is -1.94. The molecule has 18 heavy (non-hydrogen) atoms. The minimum absolute atomic E-state index is 0.0805. The molecule has 0 saturated carbocycles. The van der Waals surface area contributed by atoms with Crippen LogP contribution >= 0.6 is 0 Å². The summed E-state index contributed by atoms with van der Waals surface area (Å²) in [6.07, 6.45) is 1.97. The van der Waals surface area contributed by atoms with Gasteiger partial charge in [0.2, 0.25) is 0 Å². The van der Waals surface area contributed by atoms with Crippen molar-refractivity contribution in [1.82, 2.24) is 0 Å². The minimum Gasteiger partial charge on any atom is -0.204 e. The molecule has 0 N–H and O–H groups in total. The Morgan fingerprint density at radius 1 is 0.833 bits per heavy atom. The van der Waals surface area contributed by atoms with Crippen molar-refractivity contribution >= 4 is 0 Å². The minimum atomic E-state index is -1.43. The van der Waals surface area contributed by atoms with Crippen LogP contribution in [-0.2, 0) is 6.42 Å². The highest BCUT2D eigenvalue weighted by Crippen LogP contribution is 2.26. The number of rotatable bonds is 3. The largest absolute Gasteiger partial charge is 0.204 e. The van der Waals surface area contributed by atoms with Crippen molar-refractivity contribution in [3.8, 4) is 11.1 Å². The van der Waals surface area contributed by atoms with Crippen molar-refractivity contribution in [2.45, 2.75) is 19.8 Å². The number of benzene rings is 2. The van der Waals surface area contributed by atoms with E-state index in [0.717, 1.165) is 24.5 Å². The Bertz CT molecular complexity index is 544. The lowest BCUT2D eigenvalue weighted by molar-refractivity contribution is 0.449. The Hall–Kier alpha value is -1.77. The smallest absolute Gasteiger partial charge is 0.195 e. The first-order chi connectivity index (χ1) is 8.63. The van der Waals surface area contributed by atoms with E-state index < -0.39 is 17.5 Å². The summed E-state index contributed by atoms with van der Waals surface area (Å²) in [5, 5.41) is 0. The maximum Gasteiger partial charge on any atom is 0.195 e. The third-order valence-corrected chi connectivity index (χ3v) is 2.84. The second-order valence-electron chi connectivity index (χ2n) is 4.17. The van der Waals surface area contributed by atoms with Crippen LogP contribution in [0, 0.1) is 17.5 Å². The van der Waals surface area contributed by atoms with E-state index in [1.165, 1.54) is 6.07 Å². The van der Waals surface area contributed by atoms with Crippen molar-refractivity contribution in [1.29, 1.82) is 0 Å². The summed E-state index contributed by atoms with van der Waals surface area (Å²) in [4.78, 5) is 0. The maximum atomic E-state index is 13.6. The summed E-state index contributed by atoms with van der Waals surface area (Å²) in [7, 11) is 0. The van der Waals surface area contributed by atoms with Gasteiger partial charge in [0.05, 0.1) is 0 Å². The van der Waals surface area contributed by atoms with E-state index in [-0.39, 0.29) is 5.56 Å². The molecule has 0 aliphatic heterocycles. The van der Waals surface area contributed by atoms with Gasteiger partial charge in [-0.3, -0.25) is 0 Å². The number of hydrogen-bond donors (Lipinski definition) is 0. The van der Waals surface area contributed by atoms with Crippen molar-refractivity contribution in [3.63, 3.8) is 0 Å². The zero-order valence-corrected chi connectivity index (χ0v) is 10.0. The van der Waals surface area contributed by atoms with Crippen LogP contribution in [0.3, 0.4) is 0 Å². The van der Waals surface area contributed by atoms with Gasteiger partial charge >= 0.3 is 0 Å². The molecule has 0 fully saturated rings. The highest BCUT2D eigenvalue weighted by molar-refractivity contribution is 5.64. The van der Waals surface area contributed by atoms with Gasteiger partial charge < -0.3 is 0 Å². The van der Waals surface area contributed by atoms with E-state index in [0.29, 0.717) is 5.56 Å². The molecule has 0 amide bonds. The quantitative estimate of drug-likeness (QED) is 0.691. The van der Waals surface area contributed by atoms with E-state index in [4.69, 9.17) is 0 Å². The van der Waals surface area contributed by atoms with E-state index >= 15 is 0 Å². The number of halogens is 3. The van der Waals surface area contributed by atoms with Gasteiger partial charge in [0.15, 0.2) is 17.5 Å². The monoisotopic (exact) mass is 250 g/mol. The molecule has 0 bridgehead atoms. The zero-order valence-electron chi connectivity index (χ0n) is 10.0. The Morgan fingerprint density at radius 3 is 2.11 bits per heavy atom. The normalized spacial score (nSPS) is 10.7. The second kappa shape index (κ2) is 5.25. The molecular weight excluding hydrogens is 237 g/mol.